The highest BCUT2D eigenvalue weighted by atomic mass is 79.9. The Labute approximate surface area is 192 Å². The number of halogens is 1. The number of carboxylic acids is 1. The molecule has 1 fully saturated rings. The van der Waals surface area contributed by atoms with Crippen molar-refractivity contribution in [3.8, 4) is 0 Å². The van der Waals surface area contributed by atoms with Crippen LogP contribution in [0.5, 0.6) is 0 Å². The van der Waals surface area contributed by atoms with Gasteiger partial charge in [-0.2, -0.15) is 0 Å². The van der Waals surface area contributed by atoms with Crippen LogP contribution in [0.25, 0.3) is 0 Å². The van der Waals surface area contributed by atoms with Crippen LogP contribution in [0, 0.1) is 5.92 Å². The van der Waals surface area contributed by atoms with E-state index >= 15 is 0 Å². The molecule has 1 heterocycles. The maximum absolute atomic E-state index is 12.5. The second kappa shape index (κ2) is 10.3. The Kier molecular flexibility index (Phi) is 7.73. The first-order valence-corrected chi connectivity index (χ1v) is 11.5. The van der Waals surface area contributed by atoms with Gasteiger partial charge in [-0.25, -0.2) is 4.79 Å². The molecule has 0 aromatic heterocycles. The van der Waals surface area contributed by atoms with E-state index in [4.69, 9.17) is 0 Å². The second-order valence-corrected chi connectivity index (χ2v) is 9.42. The quantitative estimate of drug-likeness (QED) is 0.577. The van der Waals surface area contributed by atoms with Gasteiger partial charge in [-0.3, -0.25) is 9.69 Å². The van der Waals surface area contributed by atoms with E-state index in [-0.39, 0.29) is 11.5 Å². The summed E-state index contributed by atoms with van der Waals surface area (Å²) in [5.41, 5.74) is 1.89. The van der Waals surface area contributed by atoms with Crippen LogP contribution in [0.1, 0.15) is 47.9 Å². The lowest BCUT2D eigenvalue weighted by Crippen LogP contribution is -2.50. The molecule has 1 aliphatic heterocycles. The minimum absolute atomic E-state index is 0.206. The first-order valence-electron chi connectivity index (χ1n) is 10.7. The smallest absolute Gasteiger partial charge is 0.337 e. The molecule has 1 amide bonds. The van der Waals surface area contributed by atoms with Gasteiger partial charge >= 0.3 is 5.97 Å². The number of aromatic carboxylic acids is 1. The van der Waals surface area contributed by atoms with Crippen molar-refractivity contribution in [1.82, 2.24) is 4.90 Å². The Morgan fingerprint density at radius 3 is 2.26 bits per heavy atom. The summed E-state index contributed by atoms with van der Waals surface area (Å²) in [6, 6.07) is 12.7. The number of hydrogen-bond acceptors (Lipinski definition) is 4. The zero-order valence-electron chi connectivity index (χ0n) is 18.3. The average molecular weight is 488 g/mol. The Balaban J connectivity index is 1.70. The van der Waals surface area contributed by atoms with Gasteiger partial charge < -0.3 is 15.3 Å². The van der Waals surface area contributed by atoms with Crippen LogP contribution >= 0.6 is 15.9 Å². The van der Waals surface area contributed by atoms with Gasteiger partial charge in [0, 0.05) is 47.9 Å². The van der Waals surface area contributed by atoms with Crippen LogP contribution in [0.2, 0.25) is 0 Å². The molecule has 1 saturated heterocycles. The molecule has 0 spiro atoms. The molecule has 0 bridgehead atoms. The van der Waals surface area contributed by atoms with E-state index in [1.54, 1.807) is 42.5 Å². The van der Waals surface area contributed by atoms with Gasteiger partial charge in [0.25, 0.3) is 5.91 Å². The van der Waals surface area contributed by atoms with Crippen LogP contribution in [-0.2, 0) is 0 Å². The molecule has 31 heavy (non-hydrogen) atoms. The minimum Gasteiger partial charge on any atom is -0.478 e. The zero-order chi connectivity index (χ0) is 22.5. The van der Waals surface area contributed by atoms with Gasteiger partial charge in [0.2, 0.25) is 0 Å². The summed E-state index contributed by atoms with van der Waals surface area (Å²) in [5.74, 6) is -0.610. The highest BCUT2D eigenvalue weighted by molar-refractivity contribution is 9.10. The monoisotopic (exact) mass is 487 g/mol. The summed E-state index contributed by atoms with van der Waals surface area (Å²) in [6.07, 6.45) is 1.16. The summed E-state index contributed by atoms with van der Waals surface area (Å²) in [6.45, 7) is 10.1. The van der Waals surface area contributed by atoms with Crippen molar-refractivity contribution in [2.24, 2.45) is 5.92 Å². The highest BCUT2D eigenvalue weighted by Gasteiger charge is 2.24. The van der Waals surface area contributed by atoms with E-state index in [0.717, 1.165) is 37.1 Å². The van der Waals surface area contributed by atoms with E-state index in [0.29, 0.717) is 28.9 Å². The zero-order valence-corrected chi connectivity index (χ0v) is 19.9. The fraction of sp³-hybridized carbons (Fsp3) is 0.417. The molecule has 6 nitrogen and oxygen atoms in total. The van der Waals surface area contributed by atoms with E-state index in [1.165, 1.54) is 0 Å². The van der Waals surface area contributed by atoms with E-state index in [2.05, 4.69) is 51.8 Å². The van der Waals surface area contributed by atoms with Crippen molar-refractivity contribution in [2.45, 2.75) is 33.2 Å². The minimum atomic E-state index is -0.995. The molecule has 1 aliphatic rings. The van der Waals surface area contributed by atoms with Crippen molar-refractivity contribution < 1.29 is 14.7 Å². The molecule has 3 rings (SSSR count). The molecular formula is C24H30BrN3O3. The topological polar surface area (TPSA) is 72.9 Å². The lowest BCUT2D eigenvalue weighted by atomic mass is 10.0. The van der Waals surface area contributed by atoms with E-state index in [1.807, 2.05) is 0 Å². The van der Waals surface area contributed by atoms with Gasteiger partial charge in [0.15, 0.2) is 0 Å². The summed E-state index contributed by atoms with van der Waals surface area (Å²) in [5, 5.41) is 12.6. The van der Waals surface area contributed by atoms with Gasteiger partial charge in [0.1, 0.15) is 0 Å². The number of hydrogen-bond donors (Lipinski definition) is 2. The predicted molar refractivity (Wildman–Crippen MR) is 128 cm³/mol. The molecule has 2 aromatic rings. The molecule has 0 unspecified atom stereocenters. The molecule has 0 radical (unpaired) electrons. The van der Waals surface area contributed by atoms with Crippen molar-refractivity contribution in [1.29, 1.82) is 0 Å². The standard InChI is InChI=1S/C24H30BrN3O3/c1-16(2)14-17(3)27-10-12-28(13-11-27)22-9-8-20(15-21(22)24(30)31)26-23(29)18-4-6-19(25)7-5-18/h4-9,15-17H,10-14H2,1-3H3,(H,26,29)(H,30,31)/t17-/m0/s1. The van der Waals surface area contributed by atoms with Crippen molar-refractivity contribution in [3.05, 3.63) is 58.1 Å². The summed E-state index contributed by atoms with van der Waals surface area (Å²) in [7, 11) is 0. The molecule has 1 atom stereocenters. The van der Waals surface area contributed by atoms with Gasteiger partial charge in [0.05, 0.1) is 11.3 Å². The normalized spacial score (nSPS) is 15.7. The number of rotatable bonds is 7. The largest absolute Gasteiger partial charge is 0.478 e. The lowest BCUT2D eigenvalue weighted by molar-refractivity contribution is 0.0696. The molecule has 166 valence electrons. The van der Waals surface area contributed by atoms with Crippen LogP contribution < -0.4 is 10.2 Å². The Bertz CT molecular complexity index is 922. The van der Waals surface area contributed by atoms with E-state index < -0.39 is 5.97 Å². The third kappa shape index (κ3) is 6.08. The Hall–Kier alpha value is -2.38. The number of benzene rings is 2. The SMILES string of the molecule is CC(C)C[C@H](C)N1CCN(c2ccc(NC(=O)c3ccc(Br)cc3)cc2C(=O)O)CC1. The first kappa shape index (κ1) is 23.3. The Morgan fingerprint density at radius 2 is 1.68 bits per heavy atom. The van der Waals surface area contributed by atoms with Crippen LogP contribution in [0.3, 0.4) is 0 Å². The van der Waals surface area contributed by atoms with Gasteiger partial charge in [-0.1, -0.05) is 29.8 Å². The summed E-state index contributed by atoms with van der Waals surface area (Å²) < 4.78 is 0.889. The molecule has 2 aromatic carbocycles. The third-order valence-electron chi connectivity index (χ3n) is 5.68. The average Bonchev–Trinajstić information content (AvgIpc) is 2.73. The number of carbonyl (C=O) groups excluding carboxylic acids is 1. The van der Waals surface area contributed by atoms with Crippen molar-refractivity contribution >= 4 is 39.2 Å². The van der Waals surface area contributed by atoms with Gasteiger partial charge in [-0.05, 0) is 61.7 Å². The Morgan fingerprint density at radius 1 is 1.03 bits per heavy atom. The summed E-state index contributed by atoms with van der Waals surface area (Å²) in [4.78, 5) is 29.0. The highest BCUT2D eigenvalue weighted by Crippen LogP contribution is 2.27. The fourth-order valence-corrected chi connectivity index (χ4v) is 4.36. The molecule has 7 heteroatoms. The number of amides is 1. The second-order valence-electron chi connectivity index (χ2n) is 8.50. The van der Waals surface area contributed by atoms with Crippen molar-refractivity contribution in [3.63, 3.8) is 0 Å². The van der Waals surface area contributed by atoms with Crippen molar-refractivity contribution in [2.75, 3.05) is 36.4 Å². The maximum atomic E-state index is 12.5. The molecule has 0 aliphatic carbocycles. The number of carboxylic acid groups (broad SMARTS) is 1. The number of nitrogens with one attached hydrogen (secondary N) is 1. The number of piperazine rings is 1. The van der Waals surface area contributed by atoms with Crippen LogP contribution in [0.15, 0.2) is 46.9 Å². The van der Waals surface area contributed by atoms with Gasteiger partial charge in [-0.15, -0.1) is 0 Å². The van der Waals surface area contributed by atoms with Crippen LogP contribution in [0.4, 0.5) is 11.4 Å². The molecular weight excluding hydrogens is 458 g/mol. The first-order chi connectivity index (χ1) is 14.7. The number of carbonyl (C=O) groups is 2. The predicted octanol–water partition coefficient (Wildman–Crippen LogP) is 4.96. The third-order valence-corrected chi connectivity index (χ3v) is 6.21. The lowest BCUT2D eigenvalue weighted by Gasteiger charge is -2.40. The van der Waals surface area contributed by atoms with Crippen LogP contribution in [-0.4, -0.2) is 54.1 Å². The van der Waals surface area contributed by atoms with E-state index in [9.17, 15) is 14.7 Å². The molecule has 2 N–H and O–H groups in total. The fourth-order valence-electron chi connectivity index (χ4n) is 4.10. The number of nitrogens with zero attached hydrogens (tertiary/aromatic N) is 2. The summed E-state index contributed by atoms with van der Waals surface area (Å²) >= 11 is 3.35. The molecule has 0 saturated carbocycles. The number of anilines is 2. The maximum Gasteiger partial charge on any atom is 0.337 e.